The van der Waals surface area contributed by atoms with E-state index in [0.29, 0.717) is 12.8 Å². The van der Waals surface area contributed by atoms with Crippen molar-refractivity contribution in [2.24, 2.45) is 0 Å². The summed E-state index contributed by atoms with van der Waals surface area (Å²) in [6.45, 7) is 4.06. The van der Waals surface area contributed by atoms with Gasteiger partial charge in [-0.3, -0.25) is 9.59 Å². The van der Waals surface area contributed by atoms with Crippen LogP contribution >= 0.6 is 0 Å². The van der Waals surface area contributed by atoms with Crippen LogP contribution in [0, 0.1) is 0 Å². The largest absolute Gasteiger partial charge is 0.462 e. The zero-order valence-electron chi connectivity index (χ0n) is 50.8. The smallest absolute Gasteiger partial charge is 0.306 e. The van der Waals surface area contributed by atoms with Crippen molar-refractivity contribution in [3.8, 4) is 0 Å². The van der Waals surface area contributed by atoms with Gasteiger partial charge in [-0.2, -0.15) is 0 Å². The maximum Gasteiger partial charge on any atom is 0.306 e. The lowest BCUT2D eigenvalue weighted by molar-refractivity contribution is -0.161. The summed E-state index contributed by atoms with van der Waals surface area (Å²) in [7, 11) is 0. The second kappa shape index (κ2) is 66.6. The Hall–Kier alpha value is -2.66. The standard InChI is InChI=1S/C71H128O5/c1-3-5-7-9-11-13-15-17-19-21-23-25-27-29-30-31-32-33-34-35-36-37-38-39-40-42-43-45-47-49-51-53-55-57-59-61-63-65-70(73)75-68-69(67-72)76-71(74)66-64-62-60-58-56-54-52-50-48-46-44-41-28-26-24-22-20-18-16-14-12-10-8-6-4-2/h6,8,12,14,18,20,24,26,41,44,48,50,69,72H,3-5,7,9-11,13,15-17,19,21-23,25,27-40,42-43,45-47,49,51-68H2,1-2H3/b8-6-,14-12-,20-18-,26-24-,44-41-,50-48-. The highest BCUT2D eigenvalue weighted by atomic mass is 16.6. The fraction of sp³-hybridized carbons (Fsp3) is 0.803. The molecule has 0 aliphatic rings. The molecular formula is C71H128O5. The maximum absolute atomic E-state index is 12.3. The van der Waals surface area contributed by atoms with Gasteiger partial charge in [-0.1, -0.05) is 344 Å². The van der Waals surface area contributed by atoms with Crippen molar-refractivity contribution in [3.63, 3.8) is 0 Å². The number of esters is 2. The molecule has 0 amide bonds. The van der Waals surface area contributed by atoms with Crippen LogP contribution in [0.15, 0.2) is 72.9 Å². The minimum absolute atomic E-state index is 0.0719. The van der Waals surface area contributed by atoms with Crippen LogP contribution in [0.1, 0.15) is 348 Å². The first-order valence-corrected chi connectivity index (χ1v) is 33.5. The Balaban J connectivity index is 3.43. The lowest BCUT2D eigenvalue weighted by Gasteiger charge is -2.15. The molecule has 0 fully saturated rings. The lowest BCUT2D eigenvalue weighted by Crippen LogP contribution is -2.28. The minimum atomic E-state index is -0.784. The van der Waals surface area contributed by atoms with Crippen molar-refractivity contribution < 1.29 is 24.2 Å². The van der Waals surface area contributed by atoms with Gasteiger partial charge < -0.3 is 14.6 Å². The molecule has 0 saturated carbocycles. The average molecular weight is 1060 g/mol. The van der Waals surface area contributed by atoms with E-state index in [4.69, 9.17) is 9.47 Å². The molecule has 0 bridgehead atoms. The van der Waals surface area contributed by atoms with Gasteiger partial charge in [0.25, 0.3) is 0 Å². The monoisotopic (exact) mass is 1060 g/mol. The van der Waals surface area contributed by atoms with Gasteiger partial charge in [0, 0.05) is 12.8 Å². The summed E-state index contributed by atoms with van der Waals surface area (Å²) in [6.07, 6.45) is 92.2. The Morgan fingerprint density at radius 3 is 0.855 bits per heavy atom. The number of rotatable bonds is 62. The Kier molecular flexibility index (Phi) is 64.3. The second-order valence-corrected chi connectivity index (χ2v) is 22.5. The SMILES string of the molecule is CC/C=C\C/C=C\C/C=C\C/C=C\C/C=C\C/C=C\CCCCCCCCC(=O)OC(CO)COC(=O)CCCCCCCCCCCCCCCCCCCCCCCCCCCCCCCCCCCCCCC. The minimum Gasteiger partial charge on any atom is -0.462 e. The molecule has 0 heterocycles. The molecule has 0 spiro atoms. The summed E-state index contributed by atoms with van der Waals surface area (Å²) in [5.41, 5.74) is 0. The highest BCUT2D eigenvalue weighted by Gasteiger charge is 2.16. The zero-order chi connectivity index (χ0) is 54.8. The molecule has 0 saturated heterocycles. The number of hydrogen-bond acceptors (Lipinski definition) is 5. The number of carbonyl (C=O) groups is 2. The number of carbonyl (C=O) groups excluding carboxylic acids is 2. The van der Waals surface area contributed by atoms with Crippen molar-refractivity contribution in [1.29, 1.82) is 0 Å². The summed E-state index contributed by atoms with van der Waals surface area (Å²) >= 11 is 0. The number of hydrogen-bond donors (Lipinski definition) is 1. The second-order valence-electron chi connectivity index (χ2n) is 22.5. The van der Waals surface area contributed by atoms with Crippen LogP contribution in [0.2, 0.25) is 0 Å². The van der Waals surface area contributed by atoms with Gasteiger partial charge in [-0.05, 0) is 64.2 Å². The highest BCUT2D eigenvalue weighted by molar-refractivity contribution is 5.70. The molecule has 76 heavy (non-hydrogen) atoms. The first-order chi connectivity index (χ1) is 37.6. The van der Waals surface area contributed by atoms with Gasteiger partial charge in [0.2, 0.25) is 0 Å². The van der Waals surface area contributed by atoms with Crippen LogP contribution in [0.4, 0.5) is 0 Å². The predicted octanol–water partition coefficient (Wildman–Crippen LogP) is 23.1. The fourth-order valence-corrected chi connectivity index (χ4v) is 10.0. The predicted molar refractivity (Wildman–Crippen MR) is 334 cm³/mol. The topological polar surface area (TPSA) is 72.8 Å². The number of aliphatic hydroxyl groups is 1. The number of unbranched alkanes of at least 4 members (excludes halogenated alkanes) is 42. The van der Waals surface area contributed by atoms with E-state index < -0.39 is 6.10 Å². The van der Waals surface area contributed by atoms with Gasteiger partial charge >= 0.3 is 11.9 Å². The molecule has 5 heteroatoms. The number of ether oxygens (including phenoxy) is 2. The normalized spacial score (nSPS) is 12.6. The van der Waals surface area contributed by atoms with Crippen LogP contribution in [-0.4, -0.2) is 36.4 Å². The van der Waals surface area contributed by atoms with E-state index in [9.17, 15) is 14.7 Å². The van der Waals surface area contributed by atoms with Crippen molar-refractivity contribution >= 4 is 11.9 Å². The summed E-state index contributed by atoms with van der Waals surface area (Å²) < 4.78 is 10.7. The third kappa shape index (κ3) is 63.9. The number of aliphatic hydroxyl groups excluding tert-OH is 1. The Labute approximate surface area is 473 Å². The Morgan fingerprint density at radius 1 is 0.316 bits per heavy atom. The molecule has 0 aliphatic heterocycles. The molecule has 442 valence electrons. The van der Waals surface area contributed by atoms with Gasteiger partial charge in [0.05, 0.1) is 6.61 Å². The first-order valence-electron chi connectivity index (χ1n) is 33.5. The summed E-state index contributed by atoms with van der Waals surface area (Å²) in [6, 6.07) is 0. The third-order valence-electron chi connectivity index (χ3n) is 15.0. The van der Waals surface area contributed by atoms with Gasteiger partial charge in [0.1, 0.15) is 6.61 Å². The number of allylic oxidation sites excluding steroid dienone is 12. The van der Waals surface area contributed by atoms with E-state index in [0.717, 1.165) is 83.5 Å². The quantitative estimate of drug-likeness (QED) is 0.0373. The summed E-state index contributed by atoms with van der Waals surface area (Å²) in [4.78, 5) is 24.6. The Morgan fingerprint density at radius 2 is 0.566 bits per heavy atom. The molecule has 0 aromatic heterocycles. The van der Waals surface area contributed by atoms with E-state index >= 15 is 0 Å². The molecule has 0 radical (unpaired) electrons. The molecule has 5 nitrogen and oxygen atoms in total. The molecule has 1 N–H and O–H groups in total. The van der Waals surface area contributed by atoms with Gasteiger partial charge in [-0.25, -0.2) is 0 Å². The van der Waals surface area contributed by atoms with Crippen LogP contribution in [-0.2, 0) is 19.1 Å². The van der Waals surface area contributed by atoms with Crippen LogP contribution in [0.3, 0.4) is 0 Å². The Bertz CT molecular complexity index is 1340. The van der Waals surface area contributed by atoms with Crippen LogP contribution in [0.5, 0.6) is 0 Å². The summed E-state index contributed by atoms with van der Waals surface area (Å²) in [5.74, 6) is -0.596. The van der Waals surface area contributed by atoms with Crippen molar-refractivity contribution in [2.75, 3.05) is 13.2 Å². The lowest BCUT2D eigenvalue weighted by atomic mass is 10.0. The van der Waals surface area contributed by atoms with E-state index in [1.54, 1.807) is 0 Å². The molecule has 1 unspecified atom stereocenters. The molecule has 0 aromatic rings. The van der Waals surface area contributed by atoms with Gasteiger partial charge in [-0.15, -0.1) is 0 Å². The third-order valence-corrected chi connectivity index (χ3v) is 15.0. The molecule has 1 atom stereocenters. The summed E-state index contributed by atoms with van der Waals surface area (Å²) in [5, 5.41) is 9.68. The van der Waals surface area contributed by atoms with Crippen molar-refractivity contribution in [2.45, 2.75) is 354 Å². The van der Waals surface area contributed by atoms with Crippen LogP contribution < -0.4 is 0 Å². The average Bonchev–Trinajstić information content (AvgIpc) is 3.42. The molecule has 0 rings (SSSR count). The van der Waals surface area contributed by atoms with E-state index in [1.807, 2.05) is 0 Å². The molecule has 0 aromatic carbocycles. The maximum atomic E-state index is 12.3. The molecular weight excluding hydrogens is 933 g/mol. The van der Waals surface area contributed by atoms with Crippen LogP contribution in [0.25, 0.3) is 0 Å². The fourth-order valence-electron chi connectivity index (χ4n) is 10.0. The van der Waals surface area contributed by atoms with Gasteiger partial charge in [0.15, 0.2) is 6.10 Å². The van der Waals surface area contributed by atoms with Crippen molar-refractivity contribution in [3.05, 3.63) is 72.9 Å². The highest BCUT2D eigenvalue weighted by Crippen LogP contribution is 2.18. The van der Waals surface area contributed by atoms with E-state index in [2.05, 4.69) is 86.8 Å². The first kappa shape index (κ1) is 73.3. The zero-order valence-corrected chi connectivity index (χ0v) is 50.8. The van der Waals surface area contributed by atoms with E-state index in [-0.39, 0.29) is 25.2 Å². The molecule has 0 aliphatic carbocycles. The van der Waals surface area contributed by atoms with E-state index in [1.165, 1.54) is 238 Å². The van der Waals surface area contributed by atoms with Crippen molar-refractivity contribution in [1.82, 2.24) is 0 Å².